The molecule has 10 aliphatic carbocycles. The second kappa shape index (κ2) is 19.7. The van der Waals surface area contributed by atoms with Gasteiger partial charge in [0.2, 0.25) is 17.5 Å². The first-order chi connectivity index (χ1) is 36.0. The molecule has 0 radical (unpaired) electrons. The highest BCUT2D eigenvalue weighted by Crippen LogP contribution is 2.77. The summed E-state index contributed by atoms with van der Waals surface area (Å²) < 4.78 is 10.5. The molecule has 0 unspecified atom stereocenters. The molecule has 11 heteroatoms. The maximum absolute atomic E-state index is 13.9. The number of fused-ring (bicyclic) bond motifs is 14. The topological polar surface area (TPSA) is 163 Å². The lowest BCUT2D eigenvalue weighted by Crippen LogP contribution is -2.63. The molecule has 1 amide bonds. The normalized spacial score (nSPS) is 43.4. The summed E-state index contributed by atoms with van der Waals surface area (Å²) in [6, 6.07) is 0. The number of carboxylic acid groups (broad SMARTS) is 1. The van der Waals surface area contributed by atoms with Crippen molar-refractivity contribution in [3.63, 3.8) is 0 Å². The zero-order valence-corrected chi connectivity index (χ0v) is 48.9. The average Bonchev–Trinajstić information content (AvgIpc) is 2.28. The molecule has 428 valence electrons. The zero-order chi connectivity index (χ0) is 55.7. The monoisotopic (exact) mass is 1070 g/mol. The third kappa shape index (κ3) is 8.46. The Kier molecular flexibility index (Phi) is 14.7. The number of carboxylic acids is 1. The van der Waals surface area contributed by atoms with E-state index in [1.54, 1.807) is 12.2 Å². The van der Waals surface area contributed by atoms with Gasteiger partial charge in [0.25, 0.3) is 0 Å². The van der Waals surface area contributed by atoms with Crippen molar-refractivity contribution in [3.05, 3.63) is 92.6 Å². The number of aliphatic carboxylic acids is 1. The quantitative estimate of drug-likeness (QED) is 0.209. The number of hydrogen-bond donors (Lipinski definition) is 4. The van der Waals surface area contributed by atoms with Gasteiger partial charge in [-0.15, -0.1) is 0 Å². The number of nitrogens with one attached hydrogen (secondary N) is 1. The molecule has 12 aliphatic rings. The van der Waals surface area contributed by atoms with Crippen LogP contribution in [0, 0.1) is 66.0 Å². The van der Waals surface area contributed by atoms with Gasteiger partial charge in [0.1, 0.15) is 0 Å². The molecule has 8 fully saturated rings. The molecular weight excluding hydrogens is 977 g/mol. The number of ether oxygens (including phenoxy) is 2. The summed E-state index contributed by atoms with van der Waals surface area (Å²) in [7, 11) is 0. The molecular formula is C67H96N2O9. The van der Waals surface area contributed by atoms with Crippen LogP contribution in [0.1, 0.15) is 180 Å². The highest BCUT2D eigenvalue weighted by Gasteiger charge is 2.69. The van der Waals surface area contributed by atoms with Crippen molar-refractivity contribution in [2.24, 2.45) is 66.0 Å². The maximum atomic E-state index is 13.9. The lowest BCUT2D eigenvalue weighted by atomic mass is 9.34. The van der Waals surface area contributed by atoms with Crippen LogP contribution in [0.25, 0.3) is 0 Å². The van der Waals surface area contributed by atoms with Crippen LogP contribution in [0.2, 0.25) is 0 Å². The Balaban J connectivity index is 0.000000170. The standard InChI is InChI=1S/C33H45NO4.C29H38O4.C4H9NO.CH4/c1-21-22-7-8-25-31(4,23(22)19-24(35)27(21)36)12-14-33(6)26-20-30(3,28(37)34-15-17-38-18-16-34)10-9-29(26,2)11-13-32(25,33)5;1-17-18-7-8-21-27(4,19(18)15-20(30)23(17)31)12-14-29(6)22-16-26(3,24(32)33)10-9-25(22,2)11-13-28(21,29)5;1-3-6-4-2-5-1;/h7-8,19,26,36H,9-18,20H2,1-6H3;7-8,15,22,31H,9-14,16H2,1-6H3,(H,32,33);5H,1-4H2;1H4/t26-,29-,30-,31+,32-,33+;22-,25-,26-,27+,28-,29+;;/m11../s1. The van der Waals surface area contributed by atoms with Crippen LogP contribution in [-0.2, 0) is 28.7 Å². The third-order valence-electron chi connectivity index (χ3n) is 24.9. The fraction of sp³-hybridized carbons (Fsp3) is 0.701. The van der Waals surface area contributed by atoms with Gasteiger partial charge in [-0.2, -0.15) is 0 Å². The number of nitrogens with zero attached hydrogens (tertiary/aromatic N) is 1. The van der Waals surface area contributed by atoms with Crippen molar-refractivity contribution in [1.82, 2.24) is 10.2 Å². The fourth-order valence-electron chi connectivity index (χ4n) is 19.0. The Morgan fingerprint density at radius 3 is 1.35 bits per heavy atom. The number of morpholine rings is 2. The van der Waals surface area contributed by atoms with E-state index < -0.39 is 11.4 Å². The SMILES string of the molecule is C.C1COCCN1.CC1=C(O)C(=O)C=C2C1=CC=C1[C@@]2(C)CC[C@@]2(C)[C@@H]3C[C@](C)(C(=O)N4CCOCC4)CC[C@]3(C)CC[C@]12C.CC1=C(O)C(=O)C=C2C1=CC=C1[C@@]2(C)CC[C@@]2(C)[C@@H]3C[C@](C)(C(=O)O)CC[C@]3(C)CC[C@]12C. The zero-order valence-electron chi connectivity index (χ0n) is 48.9. The summed E-state index contributed by atoms with van der Waals surface area (Å²) >= 11 is 0. The van der Waals surface area contributed by atoms with Crippen LogP contribution in [-0.4, -0.2) is 96.3 Å². The Labute approximate surface area is 467 Å². The minimum atomic E-state index is -0.655. The molecule has 12 atom stereocenters. The highest BCUT2D eigenvalue weighted by molar-refractivity contribution is 6.07. The molecule has 2 aliphatic heterocycles. The first-order valence-electron chi connectivity index (χ1n) is 29.6. The lowest BCUT2D eigenvalue weighted by Gasteiger charge is -2.70. The fourth-order valence-corrected chi connectivity index (χ4v) is 19.0. The smallest absolute Gasteiger partial charge is 0.309 e. The summed E-state index contributed by atoms with van der Waals surface area (Å²) in [5.41, 5.74) is 7.32. The van der Waals surface area contributed by atoms with Crippen molar-refractivity contribution in [3.8, 4) is 0 Å². The van der Waals surface area contributed by atoms with Gasteiger partial charge in [-0.25, -0.2) is 0 Å². The Morgan fingerprint density at radius 1 is 0.551 bits per heavy atom. The highest BCUT2D eigenvalue weighted by atomic mass is 16.5. The van der Waals surface area contributed by atoms with E-state index in [0.29, 0.717) is 55.2 Å². The number of rotatable bonds is 2. The second-order valence-corrected chi connectivity index (χ2v) is 28.8. The van der Waals surface area contributed by atoms with Gasteiger partial charge in [-0.1, -0.05) is 105 Å². The van der Waals surface area contributed by atoms with Gasteiger partial charge in [-0.3, -0.25) is 19.2 Å². The summed E-state index contributed by atoms with van der Waals surface area (Å²) in [5.74, 6) is -0.329. The van der Waals surface area contributed by atoms with Crippen LogP contribution >= 0.6 is 0 Å². The average molecular weight is 1070 g/mol. The van der Waals surface area contributed by atoms with Gasteiger partial charge in [-0.05, 0) is 189 Å². The summed E-state index contributed by atoms with van der Waals surface area (Å²) in [4.78, 5) is 53.5. The molecule has 11 nitrogen and oxygen atoms in total. The Bertz CT molecular complexity index is 2800. The third-order valence-corrected chi connectivity index (χ3v) is 24.9. The summed E-state index contributed by atoms with van der Waals surface area (Å²) in [6.45, 7) is 33.8. The Hall–Kier alpha value is -4.32. The van der Waals surface area contributed by atoms with E-state index in [-0.39, 0.29) is 79.2 Å². The Morgan fingerprint density at radius 2 is 0.949 bits per heavy atom. The van der Waals surface area contributed by atoms with Crippen LogP contribution in [0.4, 0.5) is 0 Å². The van der Waals surface area contributed by atoms with E-state index >= 15 is 0 Å². The van der Waals surface area contributed by atoms with Crippen LogP contribution < -0.4 is 5.32 Å². The number of carbonyl (C=O) groups is 4. The van der Waals surface area contributed by atoms with E-state index in [9.17, 15) is 34.5 Å². The predicted molar refractivity (Wildman–Crippen MR) is 307 cm³/mol. The van der Waals surface area contributed by atoms with Crippen molar-refractivity contribution in [2.45, 2.75) is 180 Å². The molecule has 4 N–H and O–H groups in total. The second-order valence-electron chi connectivity index (χ2n) is 28.8. The number of hydrogen-bond acceptors (Lipinski definition) is 9. The number of carbonyl (C=O) groups excluding carboxylic acids is 3. The summed E-state index contributed by atoms with van der Waals surface area (Å²) in [6.07, 6.45) is 26.3. The van der Waals surface area contributed by atoms with E-state index in [4.69, 9.17) is 9.47 Å². The predicted octanol–water partition coefficient (Wildman–Crippen LogP) is 13.4. The molecule has 78 heavy (non-hydrogen) atoms. The molecule has 0 aromatic rings. The van der Waals surface area contributed by atoms with Crippen LogP contribution in [0.5, 0.6) is 0 Å². The van der Waals surface area contributed by atoms with Crippen LogP contribution in [0.3, 0.4) is 0 Å². The first-order valence-corrected chi connectivity index (χ1v) is 29.6. The number of ketones is 2. The van der Waals surface area contributed by atoms with Gasteiger partial charge in [0.15, 0.2) is 11.5 Å². The minimum Gasteiger partial charge on any atom is -0.504 e. The first kappa shape index (κ1) is 58.3. The van der Waals surface area contributed by atoms with Crippen molar-refractivity contribution >= 4 is 23.4 Å². The van der Waals surface area contributed by atoms with E-state index in [1.807, 2.05) is 20.8 Å². The van der Waals surface area contributed by atoms with Crippen molar-refractivity contribution in [2.75, 3.05) is 52.6 Å². The largest absolute Gasteiger partial charge is 0.504 e. The van der Waals surface area contributed by atoms with Crippen molar-refractivity contribution in [1.29, 1.82) is 0 Å². The van der Waals surface area contributed by atoms with E-state index in [0.717, 1.165) is 132 Å². The molecule has 0 aromatic carbocycles. The summed E-state index contributed by atoms with van der Waals surface area (Å²) in [5, 5.41) is 33.9. The molecule has 0 spiro atoms. The number of allylic oxidation sites excluding steroid dienone is 14. The number of aliphatic hydroxyl groups is 2. The molecule has 2 saturated heterocycles. The van der Waals surface area contributed by atoms with Crippen LogP contribution in [0.15, 0.2) is 92.6 Å². The van der Waals surface area contributed by atoms with E-state index in [1.165, 1.54) is 17.6 Å². The van der Waals surface area contributed by atoms with Gasteiger partial charge < -0.3 is 35.0 Å². The number of aliphatic hydroxyl groups excluding tert-OH is 2. The number of amides is 1. The van der Waals surface area contributed by atoms with Crippen molar-refractivity contribution < 1.29 is 44.0 Å². The molecule has 2 heterocycles. The lowest BCUT2D eigenvalue weighted by molar-refractivity contribution is -0.178. The molecule has 0 bridgehead atoms. The minimum absolute atomic E-state index is 0. The van der Waals surface area contributed by atoms with Gasteiger partial charge >= 0.3 is 5.97 Å². The maximum Gasteiger partial charge on any atom is 0.309 e. The molecule has 6 saturated carbocycles. The molecule has 0 aromatic heterocycles. The molecule has 12 rings (SSSR count). The van der Waals surface area contributed by atoms with E-state index in [2.05, 4.69) is 96.8 Å². The van der Waals surface area contributed by atoms with Gasteiger partial charge in [0.05, 0.1) is 31.8 Å². The van der Waals surface area contributed by atoms with Gasteiger partial charge in [0, 0.05) is 53.6 Å².